The number of benzene rings is 1. The summed E-state index contributed by atoms with van der Waals surface area (Å²) >= 11 is 0. The lowest BCUT2D eigenvalue weighted by Crippen LogP contribution is -2.32. The molecule has 0 amide bonds. The van der Waals surface area contributed by atoms with E-state index in [0.29, 0.717) is 6.54 Å². The average Bonchev–Trinajstić information content (AvgIpc) is 2.83. The summed E-state index contributed by atoms with van der Waals surface area (Å²) in [7, 11) is 0. The van der Waals surface area contributed by atoms with Gasteiger partial charge in [-0.1, -0.05) is 0 Å². The molecule has 1 heterocycles. The molecule has 6 heteroatoms. The molecule has 1 aliphatic heterocycles. The third-order valence-electron chi connectivity index (χ3n) is 3.49. The number of rotatable bonds is 6. The van der Waals surface area contributed by atoms with E-state index in [0.717, 1.165) is 25.1 Å². The van der Waals surface area contributed by atoms with E-state index < -0.39 is 4.92 Å². The zero-order valence-corrected chi connectivity index (χ0v) is 12.7. The van der Waals surface area contributed by atoms with Gasteiger partial charge in [-0.3, -0.25) is 10.1 Å². The van der Waals surface area contributed by atoms with E-state index in [1.165, 1.54) is 6.07 Å². The van der Waals surface area contributed by atoms with Crippen LogP contribution in [0.3, 0.4) is 0 Å². The zero-order chi connectivity index (χ0) is 15.5. The summed E-state index contributed by atoms with van der Waals surface area (Å²) in [6, 6.07) is 4.85. The van der Waals surface area contributed by atoms with E-state index in [4.69, 9.17) is 9.47 Å². The second kappa shape index (κ2) is 6.30. The fourth-order valence-corrected chi connectivity index (χ4v) is 2.39. The minimum Gasteiger partial charge on any atom is -0.484 e. The quantitative estimate of drug-likeness (QED) is 0.643. The predicted octanol–water partition coefficient (Wildman–Crippen LogP) is 3.36. The van der Waals surface area contributed by atoms with Crippen molar-refractivity contribution in [2.24, 2.45) is 0 Å². The first-order valence-corrected chi connectivity index (χ1v) is 7.22. The standard InChI is InChI=1S/C15H22N2O4/c1-11(2)21-14-9-12(5-6-13(14)17(18)19)16-10-15(3)7-4-8-20-15/h5-6,9,11,16H,4,7-8,10H2,1-3H3. The fourth-order valence-electron chi connectivity index (χ4n) is 2.39. The number of anilines is 1. The molecule has 1 aromatic rings. The molecule has 1 fully saturated rings. The largest absolute Gasteiger partial charge is 0.484 e. The van der Waals surface area contributed by atoms with Crippen molar-refractivity contribution in [3.63, 3.8) is 0 Å². The monoisotopic (exact) mass is 294 g/mol. The van der Waals surface area contributed by atoms with Crippen LogP contribution in [-0.2, 0) is 4.74 Å². The van der Waals surface area contributed by atoms with Gasteiger partial charge >= 0.3 is 5.69 Å². The van der Waals surface area contributed by atoms with Crippen LogP contribution in [-0.4, -0.2) is 29.8 Å². The van der Waals surface area contributed by atoms with Crippen LogP contribution in [0.25, 0.3) is 0 Å². The number of nitro benzene ring substituents is 1. The molecule has 0 saturated carbocycles. The Morgan fingerprint density at radius 2 is 2.29 bits per heavy atom. The van der Waals surface area contributed by atoms with Crippen LogP contribution in [0.2, 0.25) is 0 Å². The van der Waals surface area contributed by atoms with E-state index >= 15 is 0 Å². The summed E-state index contributed by atoms with van der Waals surface area (Å²) in [5.74, 6) is 0.289. The highest BCUT2D eigenvalue weighted by atomic mass is 16.6. The Labute approximate surface area is 124 Å². The Hall–Kier alpha value is -1.82. The molecular weight excluding hydrogens is 272 g/mol. The van der Waals surface area contributed by atoms with Crippen molar-refractivity contribution < 1.29 is 14.4 Å². The van der Waals surface area contributed by atoms with Crippen molar-refractivity contribution in [2.75, 3.05) is 18.5 Å². The number of nitrogens with zero attached hydrogens (tertiary/aromatic N) is 1. The minimum absolute atomic E-state index is 0.0161. The molecular formula is C15H22N2O4. The Balaban J connectivity index is 2.11. The van der Waals surface area contributed by atoms with Gasteiger partial charge in [0.2, 0.25) is 0 Å². The highest BCUT2D eigenvalue weighted by Crippen LogP contribution is 2.32. The third kappa shape index (κ3) is 4.07. The minimum atomic E-state index is -0.428. The Morgan fingerprint density at radius 1 is 1.52 bits per heavy atom. The van der Waals surface area contributed by atoms with Crippen LogP contribution in [0.4, 0.5) is 11.4 Å². The van der Waals surface area contributed by atoms with Crippen LogP contribution < -0.4 is 10.1 Å². The topological polar surface area (TPSA) is 73.6 Å². The smallest absolute Gasteiger partial charge is 0.311 e. The molecule has 0 bridgehead atoms. The third-order valence-corrected chi connectivity index (χ3v) is 3.49. The van der Waals surface area contributed by atoms with Gasteiger partial charge in [-0.2, -0.15) is 0 Å². The van der Waals surface area contributed by atoms with Crippen molar-refractivity contribution >= 4 is 11.4 Å². The van der Waals surface area contributed by atoms with Gasteiger partial charge in [0.15, 0.2) is 5.75 Å². The molecule has 1 aromatic carbocycles. The Kier molecular flexibility index (Phi) is 4.67. The van der Waals surface area contributed by atoms with Crippen molar-refractivity contribution in [1.82, 2.24) is 0 Å². The average molecular weight is 294 g/mol. The first kappa shape index (κ1) is 15.6. The maximum atomic E-state index is 11.0. The number of nitrogens with one attached hydrogen (secondary N) is 1. The summed E-state index contributed by atoms with van der Waals surface area (Å²) in [5, 5.41) is 14.3. The first-order valence-electron chi connectivity index (χ1n) is 7.22. The van der Waals surface area contributed by atoms with Gasteiger partial charge in [0, 0.05) is 31.0 Å². The molecule has 1 N–H and O–H groups in total. The van der Waals surface area contributed by atoms with Crippen molar-refractivity contribution in [3.8, 4) is 5.75 Å². The van der Waals surface area contributed by atoms with Gasteiger partial charge in [0.25, 0.3) is 0 Å². The molecule has 0 aliphatic carbocycles. The summed E-state index contributed by atoms with van der Waals surface area (Å²) in [6.45, 7) is 7.23. The predicted molar refractivity (Wildman–Crippen MR) is 80.9 cm³/mol. The lowest BCUT2D eigenvalue weighted by atomic mass is 10.0. The second-order valence-electron chi connectivity index (χ2n) is 5.86. The van der Waals surface area contributed by atoms with E-state index in [2.05, 4.69) is 12.2 Å². The van der Waals surface area contributed by atoms with Crippen molar-refractivity contribution in [3.05, 3.63) is 28.3 Å². The molecule has 6 nitrogen and oxygen atoms in total. The molecule has 0 spiro atoms. The maximum Gasteiger partial charge on any atom is 0.311 e. The van der Waals surface area contributed by atoms with E-state index in [-0.39, 0.29) is 23.1 Å². The molecule has 1 aliphatic rings. The molecule has 2 rings (SSSR count). The van der Waals surface area contributed by atoms with Crippen LogP contribution >= 0.6 is 0 Å². The Bertz CT molecular complexity index is 510. The molecule has 0 aromatic heterocycles. The lowest BCUT2D eigenvalue weighted by Gasteiger charge is -2.24. The van der Waals surface area contributed by atoms with E-state index in [1.54, 1.807) is 12.1 Å². The van der Waals surface area contributed by atoms with Gasteiger partial charge in [0.1, 0.15) is 0 Å². The lowest BCUT2D eigenvalue weighted by molar-refractivity contribution is -0.386. The van der Waals surface area contributed by atoms with Gasteiger partial charge in [0.05, 0.1) is 16.6 Å². The fraction of sp³-hybridized carbons (Fsp3) is 0.600. The van der Waals surface area contributed by atoms with Crippen LogP contribution in [0.15, 0.2) is 18.2 Å². The van der Waals surface area contributed by atoms with Crippen LogP contribution in [0.1, 0.15) is 33.6 Å². The first-order chi connectivity index (χ1) is 9.89. The molecule has 1 atom stereocenters. The molecule has 1 unspecified atom stereocenters. The summed E-state index contributed by atoms with van der Waals surface area (Å²) in [4.78, 5) is 10.6. The second-order valence-corrected chi connectivity index (χ2v) is 5.86. The number of ether oxygens (including phenoxy) is 2. The SMILES string of the molecule is CC(C)Oc1cc(NCC2(C)CCCO2)ccc1[N+](=O)[O-]. The summed E-state index contributed by atoms with van der Waals surface area (Å²) in [6.07, 6.45) is 1.97. The van der Waals surface area contributed by atoms with Gasteiger partial charge in [-0.15, -0.1) is 0 Å². The molecule has 1 saturated heterocycles. The van der Waals surface area contributed by atoms with Crippen LogP contribution in [0, 0.1) is 10.1 Å². The normalized spacial score (nSPS) is 21.5. The van der Waals surface area contributed by atoms with E-state index in [1.807, 2.05) is 13.8 Å². The highest BCUT2D eigenvalue weighted by Gasteiger charge is 2.29. The maximum absolute atomic E-state index is 11.0. The summed E-state index contributed by atoms with van der Waals surface area (Å²) in [5.41, 5.74) is 0.617. The number of hydrogen-bond donors (Lipinski definition) is 1. The van der Waals surface area contributed by atoms with E-state index in [9.17, 15) is 10.1 Å². The van der Waals surface area contributed by atoms with Gasteiger partial charge in [-0.25, -0.2) is 0 Å². The van der Waals surface area contributed by atoms with Gasteiger partial charge < -0.3 is 14.8 Å². The zero-order valence-electron chi connectivity index (χ0n) is 12.7. The molecule has 116 valence electrons. The van der Waals surface area contributed by atoms with Crippen LogP contribution in [0.5, 0.6) is 5.75 Å². The number of hydrogen-bond acceptors (Lipinski definition) is 5. The van der Waals surface area contributed by atoms with Crippen molar-refractivity contribution in [1.29, 1.82) is 0 Å². The highest BCUT2D eigenvalue weighted by molar-refractivity contribution is 5.58. The molecule has 0 radical (unpaired) electrons. The number of nitro groups is 1. The Morgan fingerprint density at radius 3 is 2.86 bits per heavy atom. The molecule has 21 heavy (non-hydrogen) atoms. The van der Waals surface area contributed by atoms with Gasteiger partial charge in [-0.05, 0) is 39.7 Å². The summed E-state index contributed by atoms with van der Waals surface area (Å²) < 4.78 is 11.2. The van der Waals surface area contributed by atoms with Crippen molar-refractivity contribution in [2.45, 2.75) is 45.3 Å².